The van der Waals surface area contributed by atoms with E-state index in [9.17, 15) is 19.2 Å². The fourth-order valence-corrected chi connectivity index (χ4v) is 6.82. The van der Waals surface area contributed by atoms with E-state index >= 15 is 0 Å². The molecule has 0 aliphatic carbocycles. The summed E-state index contributed by atoms with van der Waals surface area (Å²) in [7, 11) is 1.56. The van der Waals surface area contributed by atoms with Crippen LogP contribution in [0.5, 0.6) is 5.75 Å². The molecule has 4 amide bonds. The topological polar surface area (TPSA) is 101 Å². The van der Waals surface area contributed by atoms with Crippen molar-refractivity contribution >= 4 is 23.5 Å². The molecule has 9 nitrogen and oxygen atoms in total. The summed E-state index contributed by atoms with van der Waals surface area (Å²) in [4.78, 5) is 57.4. The number of aryl methyl sites for hydroxylation is 1. The second-order valence-electron chi connectivity index (χ2n) is 11.4. The highest BCUT2D eigenvalue weighted by molar-refractivity contribution is 6.30. The lowest BCUT2D eigenvalue weighted by atomic mass is 9.75. The Labute approximate surface area is 238 Å². The molecule has 1 N–H and O–H groups in total. The van der Waals surface area contributed by atoms with Crippen molar-refractivity contribution in [3.05, 3.63) is 93.9 Å². The van der Waals surface area contributed by atoms with Crippen LogP contribution in [0, 0.1) is 11.3 Å². The number of aromatic nitrogens is 1. The molecule has 2 saturated heterocycles. The second kappa shape index (κ2) is 10.6. The van der Waals surface area contributed by atoms with Crippen LogP contribution in [0.25, 0.3) is 0 Å². The number of para-hydroxylation sites is 1. The number of amides is 4. The number of barbiturate groups is 1. The molecule has 4 heterocycles. The first kappa shape index (κ1) is 27.0. The standard InChI is InChI=1S/C32H34N4O5/c1-3-21-11-13-25(14-12-21)36-30(39)32(29(38)33-31(36)40,16-23-7-4-5-9-27(23)41-2)20-34-17-22-15-24(19-34)26-8-6-10-28(37)35(26)18-22/h4-14,22,24H,3,15-20H2,1-2H3,(H,33,38,40)/t22-,24+,32-/m0/s1. The van der Waals surface area contributed by atoms with Gasteiger partial charge in [-0.15, -0.1) is 0 Å². The summed E-state index contributed by atoms with van der Waals surface area (Å²) in [6, 6.07) is 19.3. The number of likely N-dealkylation sites (tertiary alicyclic amines) is 1. The van der Waals surface area contributed by atoms with E-state index in [1.165, 1.54) is 0 Å². The zero-order valence-corrected chi connectivity index (χ0v) is 23.3. The van der Waals surface area contributed by atoms with E-state index < -0.39 is 23.3 Å². The summed E-state index contributed by atoms with van der Waals surface area (Å²) in [6.07, 6.45) is 1.84. The first-order valence-electron chi connectivity index (χ1n) is 14.2. The Morgan fingerprint density at radius 3 is 2.46 bits per heavy atom. The average Bonchev–Trinajstić information content (AvgIpc) is 2.97. The minimum atomic E-state index is -1.58. The predicted octanol–water partition coefficient (Wildman–Crippen LogP) is 3.35. The van der Waals surface area contributed by atoms with Crippen LogP contribution in [0.2, 0.25) is 0 Å². The molecular weight excluding hydrogens is 520 g/mol. The molecule has 1 aromatic heterocycles. The number of pyridine rings is 1. The van der Waals surface area contributed by atoms with Crippen molar-refractivity contribution in [2.75, 3.05) is 31.6 Å². The fourth-order valence-electron chi connectivity index (χ4n) is 6.82. The number of carbonyl (C=O) groups excluding carboxylic acids is 3. The van der Waals surface area contributed by atoms with Gasteiger partial charge in [-0.05, 0) is 54.2 Å². The molecule has 212 valence electrons. The molecule has 0 saturated carbocycles. The number of methoxy groups -OCH3 is 1. The van der Waals surface area contributed by atoms with Gasteiger partial charge in [0.1, 0.15) is 11.2 Å². The number of imide groups is 2. The quantitative estimate of drug-likeness (QED) is 0.450. The number of benzene rings is 2. The maximum Gasteiger partial charge on any atom is 0.335 e. The Morgan fingerprint density at radius 1 is 0.927 bits per heavy atom. The number of nitrogens with one attached hydrogen (secondary N) is 1. The molecule has 2 aromatic carbocycles. The molecule has 41 heavy (non-hydrogen) atoms. The fraction of sp³-hybridized carbons (Fsp3) is 0.375. The van der Waals surface area contributed by atoms with Crippen molar-refractivity contribution in [2.24, 2.45) is 11.3 Å². The molecule has 0 spiro atoms. The van der Waals surface area contributed by atoms with Gasteiger partial charge in [-0.2, -0.15) is 0 Å². The number of anilines is 1. The van der Waals surface area contributed by atoms with Crippen LogP contribution in [0.1, 0.15) is 36.1 Å². The highest BCUT2D eigenvalue weighted by Gasteiger charge is 2.56. The molecule has 3 aliphatic heterocycles. The Morgan fingerprint density at radius 2 is 1.71 bits per heavy atom. The van der Waals surface area contributed by atoms with E-state index in [1.54, 1.807) is 37.4 Å². The predicted molar refractivity (Wildman–Crippen MR) is 154 cm³/mol. The molecule has 3 aliphatic rings. The first-order chi connectivity index (χ1) is 19.8. The number of urea groups is 1. The molecule has 6 rings (SSSR count). The Balaban J connectivity index is 1.39. The Hall–Kier alpha value is -4.24. The molecule has 9 heteroatoms. The summed E-state index contributed by atoms with van der Waals surface area (Å²) in [5, 5.41) is 2.51. The van der Waals surface area contributed by atoms with Crippen molar-refractivity contribution in [3.63, 3.8) is 0 Å². The maximum absolute atomic E-state index is 14.5. The molecule has 2 bridgehead atoms. The number of nitrogens with zero attached hydrogens (tertiary/aromatic N) is 3. The number of carbonyl (C=O) groups is 3. The lowest BCUT2D eigenvalue weighted by Gasteiger charge is -2.47. The zero-order valence-electron chi connectivity index (χ0n) is 23.3. The average molecular weight is 555 g/mol. The number of hydrogen-bond donors (Lipinski definition) is 1. The van der Waals surface area contributed by atoms with Crippen molar-refractivity contribution in [2.45, 2.75) is 38.6 Å². The van der Waals surface area contributed by atoms with Crippen LogP contribution < -0.4 is 20.5 Å². The largest absolute Gasteiger partial charge is 0.496 e. The Kier molecular flexibility index (Phi) is 6.99. The lowest BCUT2D eigenvalue weighted by molar-refractivity contribution is -0.144. The maximum atomic E-state index is 14.5. The number of piperidine rings is 1. The van der Waals surface area contributed by atoms with Crippen molar-refractivity contribution < 1.29 is 19.1 Å². The van der Waals surface area contributed by atoms with Crippen LogP contribution in [0.4, 0.5) is 10.5 Å². The second-order valence-corrected chi connectivity index (χ2v) is 11.4. The van der Waals surface area contributed by atoms with Crippen molar-refractivity contribution in [1.29, 1.82) is 0 Å². The minimum Gasteiger partial charge on any atom is -0.496 e. The van der Waals surface area contributed by atoms with Crippen molar-refractivity contribution in [3.8, 4) is 5.75 Å². The number of ether oxygens (including phenoxy) is 1. The van der Waals surface area contributed by atoms with Crippen LogP contribution in [0.15, 0.2) is 71.5 Å². The van der Waals surface area contributed by atoms with Crippen LogP contribution in [-0.4, -0.2) is 54.1 Å². The molecule has 0 radical (unpaired) electrons. The van der Waals surface area contributed by atoms with Gasteiger partial charge >= 0.3 is 6.03 Å². The molecule has 3 aromatic rings. The third-order valence-electron chi connectivity index (χ3n) is 8.81. The summed E-state index contributed by atoms with van der Waals surface area (Å²) < 4.78 is 7.45. The van der Waals surface area contributed by atoms with Gasteiger partial charge in [0.05, 0.1) is 12.8 Å². The molecular formula is C32H34N4O5. The van der Waals surface area contributed by atoms with Crippen LogP contribution >= 0.6 is 0 Å². The summed E-state index contributed by atoms with van der Waals surface area (Å²) >= 11 is 0. The summed E-state index contributed by atoms with van der Waals surface area (Å²) in [5.74, 6) is -0.250. The van der Waals surface area contributed by atoms with E-state index in [-0.39, 0.29) is 30.4 Å². The highest BCUT2D eigenvalue weighted by Crippen LogP contribution is 2.40. The van der Waals surface area contributed by atoms with Gasteiger partial charge in [-0.25, -0.2) is 9.69 Å². The van der Waals surface area contributed by atoms with Crippen LogP contribution in [-0.2, 0) is 29.0 Å². The van der Waals surface area contributed by atoms with Gasteiger partial charge in [0.2, 0.25) is 5.91 Å². The molecule has 0 unspecified atom stereocenters. The monoisotopic (exact) mass is 554 g/mol. The Bertz CT molecular complexity index is 1560. The minimum absolute atomic E-state index is 0.00312. The highest BCUT2D eigenvalue weighted by atomic mass is 16.5. The molecule has 3 atom stereocenters. The third-order valence-corrected chi connectivity index (χ3v) is 8.81. The van der Waals surface area contributed by atoms with E-state index in [4.69, 9.17) is 4.74 Å². The van der Waals surface area contributed by atoms with E-state index in [0.29, 0.717) is 36.6 Å². The third kappa shape index (κ3) is 4.74. The van der Waals surface area contributed by atoms with Gasteiger partial charge in [0.15, 0.2) is 0 Å². The van der Waals surface area contributed by atoms with Gasteiger partial charge in [0.25, 0.3) is 11.5 Å². The summed E-state index contributed by atoms with van der Waals surface area (Å²) in [5.41, 5.74) is 1.63. The SMILES string of the molecule is CCc1ccc(N2C(=O)NC(=O)[C@](Cc3ccccc3OC)(CN3C[C@@H]4C[C@H](C3)c3cccc(=O)n3C4)C2=O)cc1. The summed E-state index contributed by atoms with van der Waals surface area (Å²) in [6.45, 7) is 4.03. The van der Waals surface area contributed by atoms with Crippen molar-refractivity contribution in [1.82, 2.24) is 14.8 Å². The number of rotatable bonds is 7. The van der Waals surface area contributed by atoms with Crippen LogP contribution in [0.3, 0.4) is 0 Å². The first-order valence-corrected chi connectivity index (χ1v) is 14.2. The normalized spacial score (nSPS) is 24.1. The zero-order chi connectivity index (χ0) is 28.7. The van der Waals surface area contributed by atoms with Gasteiger partial charge < -0.3 is 14.2 Å². The van der Waals surface area contributed by atoms with Gasteiger partial charge in [-0.3, -0.25) is 19.7 Å². The van der Waals surface area contributed by atoms with E-state index in [0.717, 1.165) is 29.0 Å². The smallest absolute Gasteiger partial charge is 0.335 e. The number of fused-ring (bicyclic) bond motifs is 4. The van der Waals surface area contributed by atoms with E-state index in [2.05, 4.69) is 10.2 Å². The molecule has 2 fully saturated rings. The van der Waals surface area contributed by atoms with E-state index in [1.807, 2.05) is 47.9 Å². The van der Waals surface area contributed by atoms with Gasteiger partial charge in [-0.1, -0.05) is 43.3 Å². The lowest BCUT2D eigenvalue weighted by Crippen LogP contribution is -2.68. The van der Waals surface area contributed by atoms with Gasteiger partial charge in [0, 0.05) is 50.3 Å². The number of hydrogen-bond acceptors (Lipinski definition) is 6.